The highest BCUT2D eigenvalue weighted by Crippen LogP contribution is 2.35. The maximum absolute atomic E-state index is 11.9. The highest BCUT2D eigenvalue weighted by Gasteiger charge is 2.39. The molecule has 1 aliphatic carbocycles. The molecule has 4 nitrogen and oxygen atoms in total. The first-order valence-electron chi connectivity index (χ1n) is 6.91. The Bertz CT molecular complexity index is 480. The van der Waals surface area contributed by atoms with Gasteiger partial charge in [0.1, 0.15) is 4.60 Å². The van der Waals surface area contributed by atoms with Gasteiger partial charge >= 0.3 is 0 Å². The number of carbonyl (C=O) groups is 1. The molecular weight excluding hydrogens is 306 g/mol. The van der Waals surface area contributed by atoms with Crippen LogP contribution in [0.25, 0.3) is 0 Å². The van der Waals surface area contributed by atoms with Crippen molar-refractivity contribution >= 4 is 21.8 Å². The van der Waals surface area contributed by atoms with Crippen LogP contribution in [0.3, 0.4) is 0 Å². The summed E-state index contributed by atoms with van der Waals surface area (Å²) >= 11 is 3.40. The summed E-state index contributed by atoms with van der Waals surface area (Å²) in [5.41, 5.74) is 7.08. The van der Waals surface area contributed by atoms with Gasteiger partial charge in [-0.2, -0.15) is 0 Å². The predicted molar refractivity (Wildman–Crippen MR) is 76.2 cm³/mol. The molecule has 2 heterocycles. The van der Waals surface area contributed by atoms with Gasteiger partial charge in [-0.3, -0.25) is 10.2 Å². The smallest absolute Gasteiger partial charge is 0.237 e. The number of carbonyl (C=O) groups excluding carboxylic acids is 1. The van der Waals surface area contributed by atoms with Crippen LogP contribution < -0.4 is 10.9 Å². The monoisotopic (exact) mass is 323 g/mol. The highest BCUT2D eigenvalue weighted by atomic mass is 79.9. The number of halogens is 1. The van der Waals surface area contributed by atoms with E-state index in [1.807, 2.05) is 18.2 Å². The molecule has 3 unspecified atom stereocenters. The lowest BCUT2D eigenvalue weighted by Crippen LogP contribution is -2.60. The summed E-state index contributed by atoms with van der Waals surface area (Å²) in [7, 11) is 0. The van der Waals surface area contributed by atoms with Crippen molar-refractivity contribution in [2.75, 3.05) is 0 Å². The molecule has 3 rings (SSSR count). The van der Waals surface area contributed by atoms with Crippen molar-refractivity contribution in [2.24, 2.45) is 11.8 Å². The second-order valence-corrected chi connectivity index (χ2v) is 6.26. The molecule has 2 fully saturated rings. The summed E-state index contributed by atoms with van der Waals surface area (Å²) in [6.07, 6.45) is 5.44. The third-order valence-electron chi connectivity index (χ3n) is 4.26. The van der Waals surface area contributed by atoms with Crippen LogP contribution in [-0.4, -0.2) is 16.9 Å². The molecule has 0 aromatic carbocycles. The Kier molecular flexibility index (Phi) is 3.84. The first-order valence-corrected chi connectivity index (χ1v) is 7.70. The summed E-state index contributed by atoms with van der Waals surface area (Å²) < 4.78 is 0.866. The number of nitrogens with zero attached hydrogens (tertiary/aromatic N) is 1. The van der Waals surface area contributed by atoms with Crippen LogP contribution >= 0.6 is 15.9 Å². The topological polar surface area (TPSA) is 54.0 Å². The first kappa shape index (κ1) is 13.1. The van der Waals surface area contributed by atoms with Crippen LogP contribution in [0.1, 0.15) is 31.4 Å². The van der Waals surface area contributed by atoms with Crippen LogP contribution in [0.2, 0.25) is 0 Å². The molecule has 1 aromatic heterocycles. The molecule has 19 heavy (non-hydrogen) atoms. The fourth-order valence-corrected chi connectivity index (χ4v) is 3.70. The second-order valence-electron chi connectivity index (χ2n) is 5.45. The maximum Gasteiger partial charge on any atom is 0.237 e. The van der Waals surface area contributed by atoms with E-state index >= 15 is 0 Å². The molecule has 102 valence electrons. The predicted octanol–water partition coefficient (Wildman–Crippen LogP) is 2.20. The van der Waals surface area contributed by atoms with Gasteiger partial charge in [-0.15, -0.1) is 0 Å². The number of hydrogen-bond donors (Lipinski definition) is 2. The average molecular weight is 324 g/mol. The van der Waals surface area contributed by atoms with E-state index in [0.717, 1.165) is 29.6 Å². The molecule has 1 amide bonds. The van der Waals surface area contributed by atoms with Crippen molar-refractivity contribution in [2.45, 2.75) is 38.1 Å². The van der Waals surface area contributed by atoms with Gasteiger partial charge in [0.2, 0.25) is 5.91 Å². The van der Waals surface area contributed by atoms with Crippen molar-refractivity contribution in [1.82, 2.24) is 15.8 Å². The van der Waals surface area contributed by atoms with Gasteiger partial charge in [0.25, 0.3) is 0 Å². The molecule has 0 spiro atoms. The van der Waals surface area contributed by atoms with E-state index in [9.17, 15) is 4.79 Å². The minimum absolute atomic E-state index is 0.170. The lowest BCUT2D eigenvalue weighted by Gasteiger charge is -2.41. The van der Waals surface area contributed by atoms with Gasteiger partial charge in [-0.25, -0.2) is 10.4 Å². The summed E-state index contributed by atoms with van der Waals surface area (Å²) in [5.74, 6) is 0.804. The van der Waals surface area contributed by atoms with E-state index in [2.05, 4.69) is 31.8 Å². The Hall–Kier alpha value is -0.940. The molecule has 2 aliphatic rings. The Morgan fingerprint density at radius 3 is 3.00 bits per heavy atom. The standard InChI is InChI=1S/C14H18BrN3O/c15-13-7-3-4-9(16-13)8-12-10-5-1-2-6-11(10)14(19)18-17-12/h3-4,7,10-12,17H,1-2,5-6,8H2,(H,18,19). The molecule has 0 bridgehead atoms. The Morgan fingerprint density at radius 1 is 1.32 bits per heavy atom. The summed E-state index contributed by atoms with van der Waals surface area (Å²) in [5, 5.41) is 0. The molecule has 0 radical (unpaired) electrons. The largest absolute Gasteiger partial charge is 0.291 e. The molecule has 1 saturated carbocycles. The molecule has 1 saturated heterocycles. The second kappa shape index (κ2) is 5.59. The quantitative estimate of drug-likeness (QED) is 0.820. The SMILES string of the molecule is O=C1NNC(Cc2cccc(Br)n2)C2CCCCC12. The van der Waals surface area contributed by atoms with Gasteiger partial charge in [-0.05, 0) is 46.8 Å². The van der Waals surface area contributed by atoms with E-state index in [4.69, 9.17) is 0 Å². The van der Waals surface area contributed by atoms with Gasteiger partial charge < -0.3 is 0 Å². The highest BCUT2D eigenvalue weighted by molar-refractivity contribution is 9.10. The van der Waals surface area contributed by atoms with Crippen molar-refractivity contribution in [3.05, 3.63) is 28.5 Å². The maximum atomic E-state index is 11.9. The van der Waals surface area contributed by atoms with Crippen LogP contribution in [0.15, 0.2) is 22.8 Å². The Morgan fingerprint density at radius 2 is 2.16 bits per heavy atom. The van der Waals surface area contributed by atoms with Crippen LogP contribution in [0.5, 0.6) is 0 Å². The third-order valence-corrected chi connectivity index (χ3v) is 4.70. The number of nitrogens with one attached hydrogen (secondary N) is 2. The molecule has 2 N–H and O–H groups in total. The Balaban J connectivity index is 1.75. The number of aromatic nitrogens is 1. The molecular formula is C14H18BrN3O. The third kappa shape index (κ3) is 2.82. The Labute approximate surface area is 121 Å². The average Bonchev–Trinajstić information content (AvgIpc) is 2.42. The van der Waals surface area contributed by atoms with Crippen molar-refractivity contribution < 1.29 is 4.79 Å². The van der Waals surface area contributed by atoms with E-state index in [0.29, 0.717) is 12.0 Å². The summed E-state index contributed by atoms with van der Waals surface area (Å²) in [6, 6.07) is 6.28. The minimum atomic E-state index is 0.170. The number of fused-ring (bicyclic) bond motifs is 1. The zero-order valence-corrected chi connectivity index (χ0v) is 12.3. The first-order chi connectivity index (χ1) is 9.24. The lowest BCUT2D eigenvalue weighted by atomic mass is 9.73. The van der Waals surface area contributed by atoms with Crippen LogP contribution in [0, 0.1) is 11.8 Å². The number of rotatable bonds is 2. The molecule has 5 heteroatoms. The zero-order valence-electron chi connectivity index (χ0n) is 10.7. The van der Waals surface area contributed by atoms with Crippen molar-refractivity contribution in [3.63, 3.8) is 0 Å². The van der Waals surface area contributed by atoms with Crippen molar-refractivity contribution in [1.29, 1.82) is 0 Å². The van der Waals surface area contributed by atoms with Crippen LogP contribution in [0.4, 0.5) is 0 Å². The van der Waals surface area contributed by atoms with E-state index in [1.165, 1.54) is 12.8 Å². The number of pyridine rings is 1. The fourth-order valence-electron chi connectivity index (χ4n) is 3.32. The van der Waals surface area contributed by atoms with Gasteiger partial charge in [-0.1, -0.05) is 18.9 Å². The lowest BCUT2D eigenvalue weighted by molar-refractivity contribution is -0.133. The van der Waals surface area contributed by atoms with E-state index in [1.54, 1.807) is 0 Å². The summed E-state index contributed by atoms with van der Waals surface area (Å²) in [4.78, 5) is 16.4. The zero-order chi connectivity index (χ0) is 13.2. The fraction of sp³-hybridized carbons (Fsp3) is 0.571. The number of amides is 1. The minimum Gasteiger partial charge on any atom is -0.291 e. The van der Waals surface area contributed by atoms with E-state index in [-0.39, 0.29) is 11.8 Å². The van der Waals surface area contributed by atoms with Gasteiger partial charge in [0.15, 0.2) is 0 Å². The molecule has 1 aliphatic heterocycles. The molecule has 3 atom stereocenters. The number of hydrogen-bond acceptors (Lipinski definition) is 3. The van der Waals surface area contributed by atoms with Crippen molar-refractivity contribution in [3.8, 4) is 0 Å². The normalized spacial score (nSPS) is 30.6. The summed E-state index contributed by atoms with van der Waals surface area (Å²) in [6.45, 7) is 0. The van der Waals surface area contributed by atoms with Crippen LogP contribution in [-0.2, 0) is 11.2 Å². The number of hydrazine groups is 1. The van der Waals surface area contributed by atoms with Gasteiger partial charge in [0, 0.05) is 24.1 Å². The van der Waals surface area contributed by atoms with Gasteiger partial charge in [0.05, 0.1) is 0 Å². The molecule has 1 aromatic rings. The van der Waals surface area contributed by atoms with E-state index < -0.39 is 0 Å².